The highest BCUT2D eigenvalue weighted by atomic mass is 16.5. The standard InChI is InChI=1S/C13H14N4O/c1-9-8-12(10(2)7-11(9)14)15-16-13-5-3-4-6-17(13)18/h3-8,14,18H,1-2H3. The van der Waals surface area contributed by atoms with Crippen LogP contribution in [0.3, 0.4) is 0 Å². The molecule has 0 spiro atoms. The highest BCUT2D eigenvalue weighted by Crippen LogP contribution is 2.12. The fraction of sp³-hybridized carbons (Fsp3) is 0.154. The third-order valence-electron chi connectivity index (χ3n) is 2.62. The van der Waals surface area contributed by atoms with Crippen LogP contribution >= 0.6 is 0 Å². The van der Waals surface area contributed by atoms with Crippen molar-refractivity contribution in [1.82, 2.24) is 4.73 Å². The quantitative estimate of drug-likeness (QED) is 0.440. The van der Waals surface area contributed by atoms with E-state index in [0.29, 0.717) is 16.9 Å². The summed E-state index contributed by atoms with van der Waals surface area (Å²) in [5.74, 6) is 0. The van der Waals surface area contributed by atoms with Crippen LogP contribution in [-0.2, 0) is 0 Å². The molecule has 1 aliphatic rings. The Bertz CT molecular complexity index is 647. The van der Waals surface area contributed by atoms with Gasteiger partial charge in [0.2, 0.25) is 0 Å². The average molecular weight is 242 g/mol. The highest BCUT2D eigenvalue weighted by molar-refractivity contribution is 6.22. The molecule has 0 bridgehead atoms. The lowest BCUT2D eigenvalue weighted by Gasteiger charge is -2.09. The summed E-state index contributed by atoms with van der Waals surface area (Å²) in [6.07, 6.45) is 5.05. The Labute approximate surface area is 105 Å². The predicted molar refractivity (Wildman–Crippen MR) is 69.9 cm³/mol. The summed E-state index contributed by atoms with van der Waals surface area (Å²) >= 11 is 0. The lowest BCUT2D eigenvalue weighted by atomic mass is 9.98. The summed E-state index contributed by atoms with van der Waals surface area (Å²) in [5, 5.41) is 25.2. The lowest BCUT2D eigenvalue weighted by Crippen LogP contribution is -2.17. The molecule has 2 rings (SSSR count). The second-order valence-electron chi connectivity index (χ2n) is 4.06. The van der Waals surface area contributed by atoms with E-state index in [2.05, 4.69) is 10.2 Å². The Morgan fingerprint density at radius 3 is 2.61 bits per heavy atom. The van der Waals surface area contributed by atoms with Gasteiger partial charge < -0.3 is 10.6 Å². The number of nitrogens with zero attached hydrogens (tertiary/aromatic N) is 3. The van der Waals surface area contributed by atoms with Crippen LogP contribution in [-0.4, -0.2) is 21.4 Å². The molecular weight excluding hydrogens is 228 g/mol. The van der Waals surface area contributed by atoms with Gasteiger partial charge in [-0.2, -0.15) is 4.73 Å². The molecule has 0 saturated carbocycles. The summed E-state index contributed by atoms with van der Waals surface area (Å²) in [6, 6.07) is 5.12. The molecule has 0 fully saturated rings. The molecule has 5 heteroatoms. The molecule has 0 aliphatic heterocycles. The molecule has 2 N–H and O–H groups in total. The van der Waals surface area contributed by atoms with Gasteiger partial charge in [0.1, 0.15) is 0 Å². The van der Waals surface area contributed by atoms with E-state index in [0.717, 1.165) is 15.9 Å². The fourth-order valence-electron chi connectivity index (χ4n) is 1.52. The van der Waals surface area contributed by atoms with E-state index < -0.39 is 0 Å². The van der Waals surface area contributed by atoms with Crippen molar-refractivity contribution >= 4 is 11.4 Å². The van der Waals surface area contributed by atoms with Crippen LogP contribution in [0.4, 0.5) is 0 Å². The first kappa shape index (κ1) is 12.0. The van der Waals surface area contributed by atoms with Gasteiger partial charge in [-0.25, -0.2) is 0 Å². The van der Waals surface area contributed by atoms with Gasteiger partial charge in [0.25, 0.3) is 0 Å². The average Bonchev–Trinajstić information content (AvgIpc) is 2.34. The van der Waals surface area contributed by atoms with Crippen LogP contribution in [0.1, 0.15) is 13.8 Å². The molecule has 0 aromatic carbocycles. The van der Waals surface area contributed by atoms with Crippen LogP contribution in [0.5, 0.6) is 0 Å². The summed E-state index contributed by atoms with van der Waals surface area (Å²) < 4.78 is 0.907. The highest BCUT2D eigenvalue weighted by Gasteiger charge is 2.09. The second kappa shape index (κ2) is 4.83. The van der Waals surface area contributed by atoms with Crippen LogP contribution < -0.4 is 5.49 Å². The first-order valence-electron chi connectivity index (χ1n) is 5.52. The summed E-state index contributed by atoms with van der Waals surface area (Å²) in [6.45, 7) is 3.74. The topological polar surface area (TPSA) is 73.7 Å². The van der Waals surface area contributed by atoms with Crippen LogP contribution in [0.15, 0.2) is 57.9 Å². The van der Waals surface area contributed by atoms with E-state index >= 15 is 0 Å². The lowest BCUT2D eigenvalue weighted by molar-refractivity contribution is 0.171. The molecule has 0 unspecified atom stereocenters. The van der Waals surface area contributed by atoms with Crippen molar-refractivity contribution in [3.8, 4) is 0 Å². The molecule has 1 heterocycles. The van der Waals surface area contributed by atoms with Crippen molar-refractivity contribution in [2.24, 2.45) is 10.2 Å². The molecule has 5 nitrogen and oxygen atoms in total. The van der Waals surface area contributed by atoms with Crippen LogP contribution in [0, 0.1) is 5.41 Å². The van der Waals surface area contributed by atoms with E-state index in [-0.39, 0.29) is 0 Å². The van der Waals surface area contributed by atoms with Gasteiger partial charge >= 0.3 is 0 Å². The normalized spacial score (nSPS) is 18.9. The third-order valence-corrected chi connectivity index (χ3v) is 2.62. The molecule has 0 saturated heterocycles. The Morgan fingerprint density at radius 1 is 1.11 bits per heavy atom. The Morgan fingerprint density at radius 2 is 1.89 bits per heavy atom. The van der Waals surface area contributed by atoms with Crippen molar-refractivity contribution in [1.29, 1.82) is 5.41 Å². The Balaban J connectivity index is 2.42. The van der Waals surface area contributed by atoms with E-state index in [1.165, 1.54) is 6.20 Å². The zero-order valence-corrected chi connectivity index (χ0v) is 10.3. The number of allylic oxidation sites excluding steroid dienone is 4. The number of rotatable bonds is 1. The number of hydrogen-bond acceptors (Lipinski definition) is 4. The largest absolute Gasteiger partial charge is 0.427 e. The fourth-order valence-corrected chi connectivity index (χ4v) is 1.52. The molecule has 0 atom stereocenters. The van der Waals surface area contributed by atoms with Crippen LogP contribution in [0.2, 0.25) is 0 Å². The minimum atomic E-state index is 0.351. The molecule has 0 radical (unpaired) electrons. The van der Waals surface area contributed by atoms with Gasteiger partial charge in [0, 0.05) is 6.20 Å². The SMILES string of the molecule is CC1=CC(=NN=c2ccccn2O)C(C)=CC1=N. The van der Waals surface area contributed by atoms with Gasteiger partial charge in [-0.1, -0.05) is 6.07 Å². The molecule has 18 heavy (non-hydrogen) atoms. The van der Waals surface area contributed by atoms with E-state index in [9.17, 15) is 5.21 Å². The first-order chi connectivity index (χ1) is 8.58. The number of aromatic nitrogens is 1. The molecule has 0 amide bonds. The molecule has 1 aromatic rings. The van der Waals surface area contributed by atoms with E-state index in [4.69, 9.17) is 5.41 Å². The molecule has 1 aromatic heterocycles. The summed E-state index contributed by atoms with van der Waals surface area (Å²) in [4.78, 5) is 0. The summed E-state index contributed by atoms with van der Waals surface area (Å²) in [7, 11) is 0. The second-order valence-corrected chi connectivity index (χ2v) is 4.06. The minimum absolute atomic E-state index is 0.351. The zero-order valence-electron chi connectivity index (χ0n) is 10.3. The Hall–Kier alpha value is -2.43. The van der Waals surface area contributed by atoms with Gasteiger partial charge in [-0.05, 0) is 49.3 Å². The smallest absolute Gasteiger partial charge is 0.189 e. The first-order valence-corrected chi connectivity index (χ1v) is 5.52. The third kappa shape index (κ3) is 2.45. The van der Waals surface area contributed by atoms with Crippen molar-refractivity contribution in [2.75, 3.05) is 0 Å². The maximum Gasteiger partial charge on any atom is 0.189 e. The maximum atomic E-state index is 9.49. The van der Waals surface area contributed by atoms with Gasteiger partial charge in [-0.15, -0.1) is 10.2 Å². The molecular formula is C13H14N4O. The predicted octanol–water partition coefficient (Wildman–Crippen LogP) is 1.91. The van der Waals surface area contributed by atoms with Crippen molar-refractivity contribution in [3.05, 3.63) is 53.2 Å². The van der Waals surface area contributed by atoms with Gasteiger partial charge in [0.15, 0.2) is 5.49 Å². The van der Waals surface area contributed by atoms with Gasteiger partial charge in [0.05, 0.1) is 11.4 Å². The van der Waals surface area contributed by atoms with Crippen molar-refractivity contribution in [2.45, 2.75) is 13.8 Å². The van der Waals surface area contributed by atoms with E-state index in [1.807, 2.05) is 19.9 Å². The Kier molecular flexibility index (Phi) is 3.23. The van der Waals surface area contributed by atoms with Gasteiger partial charge in [-0.3, -0.25) is 0 Å². The number of nitrogens with one attached hydrogen (secondary N) is 1. The summed E-state index contributed by atoms with van der Waals surface area (Å²) in [5.41, 5.74) is 3.27. The van der Waals surface area contributed by atoms with Crippen LogP contribution in [0.25, 0.3) is 0 Å². The monoisotopic (exact) mass is 242 g/mol. The maximum absolute atomic E-state index is 9.49. The minimum Gasteiger partial charge on any atom is -0.427 e. The zero-order chi connectivity index (χ0) is 13.1. The number of hydrogen-bond donors (Lipinski definition) is 2. The van der Waals surface area contributed by atoms with Crippen molar-refractivity contribution in [3.63, 3.8) is 0 Å². The van der Waals surface area contributed by atoms with Crippen molar-refractivity contribution < 1.29 is 5.21 Å². The molecule has 1 aliphatic carbocycles. The number of pyridine rings is 1. The van der Waals surface area contributed by atoms with E-state index in [1.54, 1.807) is 24.3 Å². The molecule has 92 valence electrons.